The molecule has 158 valence electrons. The van der Waals surface area contributed by atoms with E-state index in [0.29, 0.717) is 31.0 Å². The zero-order chi connectivity index (χ0) is 20.5. The van der Waals surface area contributed by atoms with Crippen LogP contribution in [0.25, 0.3) is 0 Å². The van der Waals surface area contributed by atoms with E-state index in [1.807, 2.05) is 13.0 Å². The van der Waals surface area contributed by atoms with Crippen molar-refractivity contribution in [3.63, 3.8) is 0 Å². The number of hydrogen-bond acceptors (Lipinski definition) is 3. The molecule has 0 unspecified atom stereocenters. The van der Waals surface area contributed by atoms with E-state index in [9.17, 15) is 4.79 Å². The van der Waals surface area contributed by atoms with Crippen molar-refractivity contribution < 1.29 is 9.53 Å². The Hall–Kier alpha value is -2.33. The monoisotopic (exact) mass is 404 g/mol. The highest BCUT2D eigenvalue weighted by atomic mass is 16.5. The Bertz CT molecular complexity index is 897. The van der Waals surface area contributed by atoms with Crippen LogP contribution in [0.3, 0.4) is 0 Å². The fraction of sp³-hybridized carbons (Fsp3) is 0.500. The normalized spacial score (nSPS) is 28.5. The summed E-state index contributed by atoms with van der Waals surface area (Å²) in [6.45, 7) is 4.06. The van der Waals surface area contributed by atoms with Crippen LogP contribution in [0.1, 0.15) is 66.1 Å². The molecule has 1 heterocycles. The second-order valence-corrected chi connectivity index (χ2v) is 9.08. The Labute approximate surface area is 179 Å². The molecule has 2 N–H and O–H groups in total. The standard InChI is InChI=1S/C26H32N2O2/c1-2-30-14-6-13-27-26(29)20-11-12-22-21(16-20)23-18-9-10-19(15-18)24(23)25(28-22)17-7-4-3-5-8-17/h3-5,7-8,11-12,16,18-19,23-25,28H,2,6,9-10,13-15H2,1H3,(H,27,29)/t18-,19-,23+,24-,25-/m0/s1. The molecule has 3 aliphatic rings. The summed E-state index contributed by atoms with van der Waals surface area (Å²) in [5.41, 5.74) is 4.75. The number of ether oxygens (including phenoxy) is 1. The number of hydrogen-bond donors (Lipinski definition) is 2. The molecular weight excluding hydrogens is 372 g/mol. The number of amides is 1. The Balaban J connectivity index is 1.39. The van der Waals surface area contributed by atoms with Crippen molar-refractivity contribution in [2.24, 2.45) is 17.8 Å². The number of benzene rings is 2. The van der Waals surface area contributed by atoms with E-state index in [4.69, 9.17) is 4.74 Å². The third-order valence-corrected chi connectivity index (χ3v) is 7.46. The summed E-state index contributed by atoms with van der Waals surface area (Å²) < 4.78 is 5.36. The van der Waals surface area contributed by atoms with E-state index in [1.54, 1.807) is 0 Å². The lowest BCUT2D eigenvalue weighted by Crippen LogP contribution is -2.35. The molecule has 0 radical (unpaired) electrons. The maximum Gasteiger partial charge on any atom is 0.251 e. The number of carbonyl (C=O) groups excluding carboxylic acids is 1. The van der Waals surface area contributed by atoms with E-state index in [2.05, 4.69) is 53.1 Å². The van der Waals surface area contributed by atoms with Gasteiger partial charge in [-0.3, -0.25) is 4.79 Å². The van der Waals surface area contributed by atoms with Crippen molar-refractivity contribution in [1.29, 1.82) is 0 Å². The van der Waals surface area contributed by atoms with Crippen LogP contribution < -0.4 is 10.6 Å². The van der Waals surface area contributed by atoms with Gasteiger partial charge >= 0.3 is 0 Å². The minimum atomic E-state index is 0.0270. The van der Waals surface area contributed by atoms with Gasteiger partial charge in [-0.1, -0.05) is 30.3 Å². The fourth-order valence-electron chi connectivity index (χ4n) is 6.24. The molecule has 0 aromatic heterocycles. The molecule has 30 heavy (non-hydrogen) atoms. The van der Waals surface area contributed by atoms with Crippen molar-refractivity contribution in [2.75, 3.05) is 25.1 Å². The van der Waals surface area contributed by atoms with Crippen molar-refractivity contribution in [2.45, 2.75) is 44.6 Å². The molecule has 2 fully saturated rings. The Kier molecular flexibility index (Phi) is 5.51. The number of carbonyl (C=O) groups is 1. The van der Waals surface area contributed by atoms with Crippen molar-refractivity contribution >= 4 is 11.6 Å². The molecule has 2 aromatic carbocycles. The molecule has 0 saturated heterocycles. The molecule has 2 saturated carbocycles. The smallest absolute Gasteiger partial charge is 0.251 e. The molecule has 5 rings (SSSR count). The van der Waals surface area contributed by atoms with Crippen molar-refractivity contribution in [3.05, 3.63) is 65.2 Å². The molecule has 0 spiro atoms. The van der Waals surface area contributed by atoms with Crippen LogP contribution in [0, 0.1) is 17.8 Å². The first kappa shape index (κ1) is 19.6. The van der Waals surface area contributed by atoms with Gasteiger partial charge in [-0.2, -0.15) is 0 Å². The average molecular weight is 405 g/mol. The van der Waals surface area contributed by atoms with E-state index < -0.39 is 0 Å². The van der Waals surface area contributed by atoms with Gasteiger partial charge < -0.3 is 15.4 Å². The zero-order valence-electron chi connectivity index (χ0n) is 17.8. The third-order valence-electron chi connectivity index (χ3n) is 7.46. The summed E-state index contributed by atoms with van der Waals surface area (Å²) in [6.07, 6.45) is 4.87. The van der Waals surface area contributed by atoms with Gasteiger partial charge in [-0.05, 0) is 85.6 Å². The van der Waals surface area contributed by atoms with Gasteiger partial charge in [0.15, 0.2) is 0 Å². The highest BCUT2D eigenvalue weighted by molar-refractivity contribution is 5.95. The number of fused-ring (bicyclic) bond motifs is 7. The molecular formula is C26H32N2O2. The van der Waals surface area contributed by atoms with Gasteiger partial charge in [-0.25, -0.2) is 0 Å². The molecule has 1 aliphatic heterocycles. The summed E-state index contributed by atoms with van der Waals surface area (Å²) in [5, 5.41) is 6.91. The summed E-state index contributed by atoms with van der Waals surface area (Å²) in [4.78, 5) is 12.7. The first-order valence-electron chi connectivity index (χ1n) is 11.6. The predicted molar refractivity (Wildman–Crippen MR) is 120 cm³/mol. The number of nitrogens with one attached hydrogen (secondary N) is 2. The quantitative estimate of drug-likeness (QED) is 0.628. The van der Waals surface area contributed by atoms with Gasteiger partial charge in [0.1, 0.15) is 0 Å². The SMILES string of the molecule is CCOCCCNC(=O)c1ccc2c(c1)[C@H]1[C@H]3CC[C@@H](C3)[C@@H]1[C@H](c1ccccc1)N2. The Morgan fingerprint density at radius 1 is 1.13 bits per heavy atom. The lowest BCUT2D eigenvalue weighted by Gasteiger charge is -2.43. The summed E-state index contributed by atoms with van der Waals surface area (Å²) in [5.74, 6) is 2.77. The topological polar surface area (TPSA) is 50.4 Å². The van der Waals surface area contributed by atoms with Gasteiger partial charge in [0.25, 0.3) is 5.91 Å². The first-order chi connectivity index (χ1) is 14.8. The fourth-order valence-corrected chi connectivity index (χ4v) is 6.24. The molecule has 2 bridgehead atoms. The van der Waals surface area contributed by atoms with Crippen molar-refractivity contribution in [1.82, 2.24) is 5.32 Å². The highest BCUT2D eigenvalue weighted by Crippen LogP contribution is 2.63. The number of rotatable bonds is 7. The third kappa shape index (κ3) is 3.51. The molecule has 2 aliphatic carbocycles. The highest BCUT2D eigenvalue weighted by Gasteiger charge is 2.53. The van der Waals surface area contributed by atoms with Gasteiger partial charge in [0.2, 0.25) is 0 Å². The number of anilines is 1. The summed E-state index contributed by atoms with van der Waals surface area (Å²) >= 11 is 0. The van der Waals surface area contributed by atoms with Gasteiger partial charge in [0.05, 0.1) is 6.04 Å². The summed E-state index contributed by atoms with van der Waals surface area (Å²) in [6, 6.07) is 17.5. The Morgan fingerprint density at radius 2 is 1.97 bits per heavy atom. The van der Waals surface area contributed by atoms with Crippen LogP contribution in [0.2, 0.25) is 0 Å². The van der Waals surface area contributed by atoms with Crippen molar-refractivity contribution in [3.8, 4) is 0 Å². The van der Waals surface area contributed by atoms with Crippen LogP contribution in [0.5, 0.6) is 0 Å². The second kappa shape index (κ2) is 8.43. The van der Waals surface area contributed by atoms with E-state index in [-0.39, 0.29) is 5.91 Å². The second-order valence-electron chi connectivity index (χ2n) is 9.08. The van der Waals surface area contributed by atoms with E-state index in [1.165, 1.54) is 36.1 Å². The van der Waals surface area contributed by atoms with Crippen LogP contribution in [0.4, 0.5) is 5.69 Å². The van der Waals surface area contributed by atoms with Crippen LogP contribution in [-0.4, -0.2) is 25.7 Å². The van der Waals surface area contributed by atoms with E-state index >= 15 is 0 Å². The Morgan fingerprint density at radius 3 is 2.80 bits per heavy atom. The lowest BCUT2D eigenvalue weighted by atomic mass is 9.68. The molecule has 1 amide bonds. The van der Waals surface area contributed by atoms with Gasteiger partial charge in [0, 0.05) is 31.0 Å². The minimum absolute atomic E-state index is 0.0270. The molecule has 2 aromatic rings. The maximum atomic E-state index is 12.7. The largest absolute Gasteiger partial charge is 0.382 e. The first-order valence-corrected chi connectivity index (χ1v) is 11.6. The summed E-state index contributed by atoms with van der Waals surface area (Å²) in [7, 11) is 0. The average Bonchev–Trinajstić information content (AvgIpc) is 3.41. The predicted octanol–water partition coefficient (Wildman–Crippen LogP) is 5.14. The molecule has 4 heteroatoms. The zero-order valence-corrected chi connectivity index (χ0v) is 17.8. The van der Waals surface area contributed by atoms with E-state index in [0.717, 1.165) is 30.4 Å². The van der Waals surface area contributed by atoms with Crippen LogP contribution in [-0.2, 0) is 4.74 Å². The van der Waals surface area contributed by atoms with Crippen LogP contribution >= 0.6 is 0 Å². The van der Waals surface area contributed by atoms with Crippen LogP contribution in [0.15, 0.2) is 48.5 Å². The molecule has 4 nitrogen and oxygen atoms in total. The van der Waals surface area contributed by atoms with Gasteiger partial charge in [-0.15, -0.1) is 0 Å². The maximum absolute atomic E-state index is 12.7. The lowest BCUT2D eigenvalue weighted by molar-refractivity contribution is 0.0944. The molecule has 5 atom stereocenters. The minimum Gasteiger partial charge on any atom is -0.382 e.